The smallest absolute Gasteiger partial charge is 0.290 e. The number of carbonyl (C=O) groups excluding carboxylic acids is 2. The molecule has 4 rings (SSSR count). The largest absolute Gasteiger partial charge is 0.493 e. The van der Waals surface area contributed by atoms with E-state index in [9.17, 15) is 9.59 Å². The zero-order chi connectivity index (χ0) is 25.3. The number of rotatable bonds is 10. The number of hydrogen-bond acceptors (Lipinski definition) is 5. The number of amides is 2. The van der Waals surface area contributed by atoms with Gasteiger partial charge in [-0.15, -0.1) is 0 Å². The van der Waals surface area contributed by atoms with E-state index in [-0.39, 0.29) is 23.6 Å². The lowest BCUT2D eigenvalue weighted by Crippen LogP contribution is -2.47. The van der Waals surface area contributed by atoms with Crippen LogP contribution in [0.4, 0.5) is 0 Å². The number of nitrogens with zero attached hydrogens (tertiary/aromatic N) is 1. The van der Waals surface area contributed by atoms with Crippen LogP contribution in [0.3, 0.4) is 0 Å². The van der Waals surface area contributed by atoms with Crippen molar-refractivity contribution >= 4 is 11.8 Å². The van der Waals surface area contributed by atoms with Gasteiger partial charge in [0.2, 0.25) is 5.91 Å². The van der Waals surface area contributed by atoms with Crippen molar-refractivity contribution in [2.75, 3.05) is 20.8 Å². The summed E-state index contributed by atoms with van der Waals surface area (Å²) in [5.41, 5.74) is 1.72. The zero-order valence-corrected chi connectivity index (χ0v) is 20.9. The highest BCUT2D eigenvalue weighted by atomic mass is 16.5. The normalized spacial score (nSPS) is 14.6. The number of methoxy groups -OCH3 is 2. The Labute approximate surface area is 212 Å². The third-order valence-electron chi connectivity index (χ3n) is 6.71. The maximum absolute atomic E-state index is 13.8. The monoisotopic (exact) mass is 490 g/mol. The van der Waals surface area contributed by atoms with Crippen LogP contribution in [0.1, 0.15) is 59.8 Å². The van der Waals surface area contributed by atoms with Crippen molar-refractivity contribution in [2.45, 2.75) is 50.6 Å². The van der Waals surface area contributed by atoms with Gasteiger partial charge in [-0.2, -0.15) is 0 Å². The van der Waals surface area contributed by atoms with Crippen LogP contribution in [0, 0.1) is 0 Å². The highest BCUT2D eigenvalue weighted by Crippen LogP contribution is 2.29. The van der Waals surface area contributed by atoms with Gasteiger partial charge in [0.25, 0.3) is 5.91 Å². The first-order valence-corrected chi connectivity index (χ1v) is 12.5. The van der Waals surface area contributed by atoms with Crippen molar-refractivity contribution in [1.82, 2.24) is 10.2 Å². The molecule has 0 aliphatic heterocycles. The standard InChI is InChI=1S/C29H34N2O5/c1-34-24-16-15-21(20-26(24)35-2)17-18-31(29(33)25-14-9-19-36-25)27(22-10-5-3-6-11-22)28(32)30-23-12-7-4-8-13-23/h3,5-6,9-11,14-16,19-20,23,27H,4,7-8,12-13,17-18H2,1-2H3,(H,30,32)/t27-/m0/s1. The molecule has 0 unspecified atom stereocenters. The molecule has 0 spiro atoms. The first-order chi connectivity index (χ1) is 17.6. The Hall–Kier alpha value is -3.74. The van der Waals surface area contributed by atoms with E-state index < -0.39 is 6.04 Å². The van der Waals surface area contributed by atoms with Crippen molar-refractivity contribution in [3.05, 3.63) is 83.8 Å². The molecule has 1 saturated carbocycles. The first-order valence-electron chi connectivity index (χ1n) is 12.5. The van der Waals surface area contributed by atoms with Gasteiger partial charge in [0.05, 0.1) is 20.5 Å². The van der Waals surface area contributed by atoms with Crippen molar-refractivity contribution in [3.63, 3.8) is 0 Å². The summed E-state index contributed by atoms with van der Waals surface area (Å²) in [7, 11) is 3.19. The zero-order valence-electron chi connectivity index (χ0n) is 20.9. The van der Waals surface area contributed by atoms with Gasteiger partial charge < -0.3 is 24.1 Å². The Balaban J connectivity index is 1.65. The highest BCUT2D eigenvalue weighted by Gasteiger charge is 2.34. The Morgan fingerprint density at radius 3 is 2.39 bits per heavy atom. The minimum absolute atomic E-state index is 0.129. The second-order valence-electron chi connectivity index (χ2n) is 9.07. The lowest BCUT2D eigenvalue weighted by Gasteiger charge is -2.33. The maximum Gasteiger partial charge on any atom is 0.290 e. The third kappa shape index (κ3) is 6.08. The first kappa shape index (κ1) is 25.4. The molecule has 1 aliphatic carbocycles. The van der Waals surface area contributed by atoms with E-state index in [1.54, 1.807) is 31.3 Å². The van der Waals surface area contributed by atoms with Gasteiger partial charge in [0, 0.05) is 12.6 Å². The second kappa shape index (κ2) is 12.3. The average molecular weight is 491 g/mol. The second-order valence-corrected chi connectivity index (χ2v) is 9.07. The molecule has 0 saturated heterocycles. The molecule has 2 aromatic carbocycles. The Bertz CT molecular complexity index is 1120. The van der Waals surface area contributed by atoms with E-state index in [0.29, 0.717) is 24.5 Å². The molecule has 1 aromatic heterocycles. The van der Waals surface area contributed by atoms with E-state index in [2.05, 4.69) is 5.32 Å². The summed E-state index contributed by atoms with van der Waals surface area (Å²) in [5, 5.41) is 3.23. The van der Waals surface area contributed by atoms with Gasteiger partial charge in [-0.3, -0.25) is 9.59 Å². The number of furan rings is 1. The number of nitrogens with one attached hydrogen (secondary N) is 1. The topological polar surface area (TPSA) is 81.0 Å². The molecule has 7 heteroatoms. The summed E-state index contributed by atoms with van der Waals surface area (Å²) in [6.07, 6.45) is 7.33. The van der Waals surface area contributed by atoms with Crippen molar-refractivity contribution in [3.8, 4) is 11.5 Å². The van der Waals surface area contributed by atoms with Crippen molar-refractivity contribution in [1.29, 1.82) is 0 Å². The summed E-state index contributed by atoms with van der Waals surface area (Å²) < 4.78 is 16.2. The fraction of sp³-hybridized carbons (Fsp3) is 0.379. The third-order valence-corrected chi connectivity index (χ3v) is 6.71. The Kier molecular flexibility index (Phi) is 8.66. The molecular weight excluding hydrogens is 456 g/mol. The molecule has 1 N–H and O–H groups in total. The molecule has 36 heavy (non-hydrogen) atoms. The van der Waals surface area contributed by atoms with Crippen LogP contribution in [0.25, 0.3) is 0 Å². The quantitative estimate of drug-likeness (QED) is 0.424. The molecule has 1 fully saturated rings. The fourth-order valence-electron chi connectivity index (χ4n) is 4.81. The van der Waals surface area contributed by atoms with Gasteiger partial charge >= 0.3 is 0 Å². The van der Waals surface area contributed by atoms with Gasteiger partial charge in [-0.05, 0) is 54.7 Å². The summed E-state index contributed by atoms with van der Waals surface area (Å²) in [4.78, 5) is 29.0. The maximum atomic E-state index is 13.8. The lowest BCUT2D eigenvalue weighted by atomic mass is 9.94. The van der Waals surface area contributed by atoms with E-state index in [4.69, 9.17) is 13.9 Å². The summed E-state index contributed by atoms with van der Waals surface area (Å²) in [6.45, 7) is 0.312. The molecule has 0 radical (unpaired) electrons. The van der Waals surface area contributed by atoms with Gasteiger partial charge in [0.1, 0.15) is 6.04 Å². The molecule has 2 amide bonds. The molecule has 3 aromatic rings. The minimum Gasteiger partial charge on any atom is -0.493 e. The summed E-state index contributed by atoms with van der Waals surface area (Å²) >= 11 is 0. The molecule has 190 valence electrons. The lowest BCUT2D eigenvalue weighted by molar-refractivity contribution is -0.126. The van der Waals surface area contributed by atoms with Crippen LogP contribution in [0.5, 0.6) is 11.5 Å². The molecule has 1 aliphatic rings. The Morgan fingerprint density at radius 2 is 1.72 bits per heavy atom. The predicted molar refractivity (Wildman–Crippen MR) is 137 cm³/mol. The molecule has 7 nitrogen and oxygen atoms in total. The fourth-order valence-corrected chi connectivity index (χ4v) is 4.81. The SMILES string of the molecule is COc1ccc(CCN(C(=O)c2ccco2)[C@H](C(=O)NC2CCCCC2)c2ccccc2)cc1OC. The van der Waals surface area contributed by atoms with Crippen LogP contribution in [0.15, 0.2) is 71.3 Å². The minimum atomic E-state index is -0.786. The van der Waals surface area contributed by atoms with Crippen LogP contribution < -0.4 is 14.8 Å². The predicted octanol–water partition coefficient (Wildman–Crippen LogP) is 5.17. The number of hydrogen-bond donors (Lipinski definition) is 1. The molecule has 1 heterocycles. The number of ether oxygens (including phenoxy) is 2. The van der Waals surface area contributed by atoms with Crippen LogP contribution in [-0.4, -0.2) is 43.5 Å². The van der Waals surface area contributed by atoms with Crippen LogP contribution >= 0.6 is 0 Å². The Morgan fingerprint density at radius 1 is 0.972 bits per heavy atom. The van der Waals surface area contributed by atoms with Gasteiger partial charge in [-0.1, -0.05) is 55.7 Å². The van der Waals surface area contributed by atoms with E-state index in [1.807, 2.05) is 48.5 Å². The highest BCUT2D eigenvalue weighted by molar-refractivity contribution is 5.96. The number of benzene rings is 2. The summed E-state index contributed by atoms with van der Waals surface area (Å²) in [6, 6.07) is 17.8. The molecule has 0 bridgehead atoms. The van der Waals surface area contributed by atoms with E-state index >= 15 is 0 Å². The van der Waals surface area contributed by atoms with Crippen molar-refractivity contribution in [2.24, 2.45) is 0 Å². The van der Waals surface area contributed by atoms with Gasteiger partial charge in [0.15, 0.2) is 17.3 Å². The van der Waals surface area contributed by atoms with E-state index in [0.717, 1.165) is 36.8 Å². The van der Waals surface area contributed by atoms with Crippen LogP contribution in [0.2, 0.25) is 0 Å². The average Bonchev–Trinajstić information content (AvgIpc) is 3.46. The number of carbonyl (C=O) groups is 2. The molecular formula is C29H34N2O5. The van der Waals surface area contributed by atoms with E-state index in [1.165, 1.54) is 12.7 Å². The summed E-state index contributed by atoms with van der Waals surface area (Å²) in [5.74, 6) is 0.967. The van der Waals surface area contributed by atoms with Gasteiger partial charge in [-0.25, -0.2) is 0 Å². The van der Waals surface area contributed by atoms with Crippen molar-refractivity contribution < 1.29 is 23.5 Å². The molecule has 1 atom stereocenters. The van der Waals surface area contributed by atoms with Crippen LogP contribution in [-0.2, 0) is 11.2 Å².